The van der Waals surface area contributed by atoms with E-state index in [1.807, 2.05) is 0 Å². The summed E-state index contributed by atoms with van der Waals surface area (Å²) in [6, 6.07) is 0. The third-order valence-electron chi connectivity index (χ3n) is 7.79. The lowest BCUT2D eigenvalue weighted by atomic mass is 9.71. The molecule has 30 heavy (non-hydrogen) atoms. The average Bonchev–Trinajstić information content (AvgIpc) is 2.72. The summed E-state index contributed by atoms with van der Waals surface area (Å²) in [4.78, 5) is 18.1. The fraction of sp³-hybridized carbons (Fsp3) is 0.963. The van der Waals surface area contributed by atoms with E-state index in [4.69, 9.17) is 0 Å². The Kier molecular flexibility index (Phi) is 11.8. The maximum atomic E-state index is 13.2. The van der Waals surface area contributed by atoms with Gasteiger partial charge in [0, 0.05) is 38.6 Å². The van der Waals surface area contributed by atoms with E-state index < -0.39 is 0 Å². The number of hydrogen-bond donors (Lipinski definition) is 0. The number of unbranched alkanes of at least 4 members (excludes halogenated alkanes) is 6. The summed E-state index contributed by atoms with van der Waals surface area (Å²) in [7, 11) is 0. The first-order chi connectivity index (χ1) is 14.5. The van der Waals surface area contributed by atoms with Gasteiger partial charge in [-0.1, -0.05) is 85.5 Å². The first kappa shape index (κ1) is 25.7. The van der Waals surface area contributed by atoms with Crippen molar-refractivity contribution < 1.29 is 4.79 Å². The fourth-order valence-corrected chi connectivity index (χ4v) is 5.74. The highest BCUT2D eigenvalue weighted by atomic mass is 16.2. The van der Waals surface area contributed by atoms with Crippen LogP contribution in [-0.2, 0) is 4.79 Å². The van der Waals surface area contributed by atoms with Gasteiger partial charge in [-0.3, -0.25) is 4.79 Å². The molecule has 1 spiro atoms. The van der Waals surface area contributed by atoms with Crippen molar-refractivity contribution in [2.45, 2.75) is 118 Å². The van der Waals surface area contributed by atoms with Crippen LogP contribution in [0.15, 0.2) is 0 Å². The van der Waals surface area contributed by atoms with Crippen molar-refractivity contribution >= 4 is 5.91 Å². The van der Waals surface area contributed by atoms with Gasteiger partial charge in [0.15, 0.2) is 0 Å². The first-order valence-electron chi connectivity index (χ1n) is 13.5. The van der Waals surface area contributed by atoms with Crippen molar-refractivity contribution in [3.63, 3.8) is 0 Å². The minimum Gasteiger partial charge on any atom is -0.342 e. The maximum absolute atomic E-state index is 13.2. The molecule has 176 valence electrons. The third kappa shape index (κ3) is 8.17. The van der Waals surface area contributed by atoms with Crippen molar-refractivity contribution in [1.82, 2.24) is 9.80 Å². The van der Waals surface area contributed by atoms with Gasteiger partial charge >= 0.3 is 0 Å². The van der Waals surface area contributed by atoms with Gasteiger partial charge in [0.05, 0.1) is 0 Å². The monoisotopic (exact) mass is 420 g/mol. The van der Waals surface area contributed by atoms with E-state index >= 15 is 0 Å². The van der Waals surface area contributed by atoms with Gasteiger partial charge in [-0.2, -0.15) is 0 Å². The molecule has 0 saturated carbocycles. The number of likely N-dealkylation sites (tertiary alicyclic amines) is 2. The van der Waals surface area contributed by atoms with Crippen LogP contribution in [0.2, 0.25) is 0 Å². The van der Waals surface area contributed by atoms with Crippen LogP contribution in [0.25, 0.3) is 0 Å². The fourth-order valence-electron chi connectivity index (χ4n) is 5.74. The van der Waals surface area contributed by atoms with Crippen LogP contribution in [0.5, 0.6) is 0 Å². The smallest absolute Gasteiger partial charge is 0.225 e. The van der Waals surface area contributed by atoms with E-state index in [2.05, 4.69) is 37.5 Å². The van der Waals surface area contributed by atoms with Gasteiger partial charge in [0.25, 0.3) is 0 Å². The standard InChI is InChI=1S/C27H52N2O/c1-5-8-11-13-14-24(4)21-28-22-27(23-28)17-19-29(20-18-27)26(30)25(15-10-7-3)16-12-9-6-2/h24-25H,5-23H2,1-4H3. The van der Waals surface area contributed by atoms with Crippen LogP contribution in [-0.4, -0.2) is 48.4 Å². The lowest BCUT2D eigenvalue weighted by Gasteiger charge is -2.55. The number of rotatable bonds is 15. The molecule has 2 atom stereocenters. The zero-order valence-corrected chi connectivity index (χ0v) is 20.9. The molecule has 0 aromatic heterocycles. The highest BCUT2D eigenvalue weighted by molar-refractivity contribution is 5.79. The zero-order valence-electron chi connectivity index (χ0n) is 20.9. The Hall–Kier alpha value is -0.570. The summed E-state index contributed by atoms with van der Waals surface area (Å²) in [6.45, 7) is 15.1. The molecule has 2 fully saturated rings. The van der Waals surface area contributed by atoms with E-state index in [-0.39, 0.29) is 5.92 Å². The summed E-state index contributed by atoms with van der Waals surface area (Å²) in [6.07, 6.45) is 17.7. The lowest BCUT2D eigenvalue weighted by Crippen LogP contribution is -2.61. The summed E-state index contributed by atoms with van der Waals surface area (Å²) in [5, 5.41) is 0. The summed E-state index contributed by atoms with van der Waals surface area (Å²) in [5.74, 6) is 1.60. The SMILES string of the molecule is CCCCCCC(C)CN1CC2(CCN(C(=O)C(CCCC)CCCCC)CC2)C1. The van der Waals surface area contributed by atoms with Crippen LogP contribution in [0.4, 0.5) is 0 Å². The van der Waals surface area contributed by atoms with Crippen LogP contribution >= 0.6 is 0 Å². The third-order valence-corrected chi connectivity index (χ3v) is 7.79. The molecule has 3 heteroatoms. The number of amides is 1. The van der Waals surface area contributed by atoms with Crippen LogP contribution in [0.1, 0.15) is 118 Å². The van der Waals surface area contributed by atoms with Crippen molar-refractivity contribution in [3.05, 3.63) is 0 Å². The molecule has 0 aromatic carbocycles. The highest BCUT2D eigenvalue weighted by Gasteiger charge is 2.45. The van der Waals surface area contributed by atoms with Gasteiger partial charge in [0.2, 0.25) is 5.91 Å². The predicted molar refractivity (Wildman–Crippen MR) is 130 cm³/mol. The molecule has 2 unspecified atom stereocenters. The molecule has 2 saturated heterocycles. The molecule has 2 aliphatic rings. The predicted octanol–water partition coefficient (Wildman–Crippen LogP) is 6.90. The van der Waals surface area contributed by atoms with E-state index in [9.17, 15) is 4.79 Å². The Morgan fingerprint density at radius 1 is 0.800 bits per heavy atom. The molecule has 0 radical (unpaired) electrons. The van der Waals surface area contributed by atoms with E-state index in [1.165, 1.54) is 96.7 Å². The number of nitrogens with zero attached hydrogens (tertiary/aromatic N) is 2. The molecule has 2 aliphatic heterocycles. The normalized spacial score (nSPS) is 20.9. The Bertz CT molecular complexity index is 461. The first-order valence-corrected chi connectivity index (χ1v) is 13.5. The van der Waals surface area contributed by atoms with Crippen LogP contribution in [0.3, 0.4) is 0 Å². The highest BCUT2D eigenvalue weighted by Crippen LogP contribution is 2.41. The van der Waals surface area contributed by atoms with E-state index in [0.717, 1.165) is 31.8 Å². The number of hydrogen-bond acceptors (Lipinski definition) is 2. The Morgan fingerprint density at radius 3 is 2.00 bits per heavy atom. The van der Waals surface area contributed by atoms with Crippen molar-refractivity contribution in [2.24, 2.45) is 17.3 Å². The number of carbonyl (C=O) groups excluding carboxylic acids is 1. The van der Waals surface area contributed by atoms with Crippen LogP contribution in [0, 0.1) is 17.3 Å². The van der Waals surface area contributed by atoms with E-state index in [1.54, 1.807) is 0 Å². The van der Waals surface area contributed by atoms with Crippen molar-refractivity contribution in [1.29, 1.82) is 0 Å². The Balaban J connectivity index is 1.69. The minimum absolute atomic E-state index is 0.289. The topological polar surface area (TPSA) is 23.6 Å². The second kappa shape index (κ2) is 13.8. The van der Waals surface area contributed by atoms with Gasteiger partial charge < -0.3 is 9.80 Å². The molecule has 2 rings (SSSR count). The molecule has 2 heterocycles. The molecule has 0 bridgehead atoms. The largest absolute Gasteiger partial charge is 0.342 e. The Labute approximate surface area is 188 Å². The summed E-state index contributed by atoms with van der Waals surface area (Å²) < 4.78 is 0. The molecule has 3 nitrogen and oxygen atoms in total. The summed E-state index contributed by atoms with van der Waals surface area (Å²) in [5.41, 5.74) is 0.528. The molecule has 0 aliphatic carbocycles. The van der Waals surface area contributed by atoms with Crippen molar-refractivity contribution in [3.8, 4) is 0 Å². The quantitative estimate of drug-likeness (QED) is 0.269. The second-order valence-corrected chi connectivity index (χ2v) is 10.8. The van der Waals surface area contributed by atoms with Gasteiger partial charge in [-0.05, 0) is 43.4 Å². The van der Waals surface area contributed by atoms with Gasteiger partial charge in [-0.25, -0.2) is 0 Å². The molecule has 0 aromatic rings. The van der Waals surface area contributed by atoms with Crippen LogP contribution < -0.4 is 0 Å². The second-order valence-electron chi connectivity index (χ2n) is 10.8. The van der Waals surface area contributed by atoms with Crippen molar-refractivity contribution in [2.75, 3.05) is 32.7 Å². The average molecular weight is 421 g/mol. The van der Waals surface area contributed by atoms with E-state index in [0.29, 0.717) is 11.3 Å². The lowest BCUT2D eigenvalue weighted by molar-refractivity contribution is -0.141. The molecule has 1 amide bonds. The minimum atomic E-state index is 0.289. The molecular weight excluding hydrogens is 368 g/mol. The van der Waals surface area contributed by atoms with Gasteiger partial charge in [-0.15, -0.1) is 0 Å². The zero-order chi connectivity index (χ0) is 21.8. The van der Waals surface area contributed by atoms with Gasteiger partial charge in [0.1, 0.15) is 0 Å². The Morgan fingerprint density at radius 2 is 1.37 bits per heavy atom. The number of piperidine rings is 1. The maximum Gasteiger partial charge on any atom is 0.225 e. The number of carbonyl (C=O) groups is 1. The summed E-state index contributed by atoms with van der Waals surface area (Å²) >= 11 is 0. The molecular formula is C27H52N2O. The molecule has 0 N–H and O–H groups in total.